The number of nitrogens with one attached hydrogen (secondary N) is 2. The normalized spacial score (nSPS) is 11.0. The summed E-state index contributed by atoms with van der Waals surface area (Å²) < 4.78 is 16.4. The number of aromatic hydroxyl groups is 1. The second-order valence-corrected chi connectivity index (χ2v) is 11.2. The molecule has 0 spiro atoms. The fraction of sp³-hybridized carbons (Fsp3) is 0.114. The number of nitrogens with zero attached hydrogens (tertiary/aromatic N) is 7. The van der Waals surface area contributed by atoms with Crippen LogP contribution in [0.5, 0.6) is 23.0 Å². The van der Waals surface area contributed by atoms with Gasteiger partial charge in [0, 0.05) is 24.3 Å². The van der Waals surface area contributed by atoms with Gasteiger partial charge in [-0.3, -0.25) is 0 Å². The van der Waals surface area contributed by atoms with Crippen molar-refractivity contribution in [3.05, 3.63) is 88.7 Å². The average molecular weight is 768 g/mol. The number of aromatic nitrogens is 3. The topological polar surface area (TPSA) is 309 Å². The molecule has 7 N–H and O–H groups in total. The van der Waals surface area contributed by atoms with Crippen LogP contribution in [0.3, 0.4) is 0 Å². The molecule has 21 heteroatoms. The first kappa shape index (κ1) is 39.0. The van der Waals surface area contributed by atoms with Gasteiger partial charge in [0.2, 0.25) is 11.9 Å². The molecule has 0 saturated heterocycles. The number of hydrogen-bond donors (Lipinski definition) is 7. The molecule has 0 fully saturated rings. The first-order chi connectivity index (χ1) is 26.7. The summed E-state index contributed by atoms with van der Waals surface area (Å²) in [5.74, 6) is -4.97. The van der Waals surface area contributed by atoms with Crippen LogP contribution < -0.4 is 24.8 Å². The number of aryl methyl sites for hydroxylation is 1. The van der Waals surface area contributed by atoms with Gasteiger partial charge < -0.3 is 50.4 Å². The zero-order valence-corrected chi connectivity index (χ0v) is 29.5. The first-order valence-corrected chi connectivity index (χ1v) is 15.7. The number of aromatic carboxylic acids is 4. The standard InChI is InChI=1S/C35H29N9O12/c1-15-36-34(38-22-12-28(55-3)24(11-26(22)45)43-41-20-7-16(30(46)47)5-17(8-20)31(48)49)40-35(37-15)39-23-13-29(56-4)25(14-27(23)54-2)44-42-21-9-18(32(50)51)6-19(10-21)33(52)53/h5-14,45H,1-4H3,(H,46,47)(H,48,49)(H,50,51)(H,52,53)(H2,36,37,38,39,40). The smallest absolute Gasteiger partial charge is 0.335 e. The Labute approximate surface area is 314 Å². The maximum atomic E-state index is 11.5. The van der Waals surface area contributed by atoms with E-state index in [1.807, 2.05) is 0 Å². The third-order valence-electron chi connectivity index (χ3n) is 7.41. The number of rotatable bonds is 15. The van der Waals surface area contributed by atoms with E-state index in [-0.39, 0.29) is 91.4 Å². The first-order valence-electron chi connectivity index (χ1n) is 15.7. The van der Waals surface area contributed by atoms with E-state index in [2.05, 4.69) is 46.0 Å². The summed E-state index contributed by atoms with van der Waals surface area (Å²) in [6, 6.07) is 12.1. The van der Waals surface area contributed by atoms with Gasteiger partial charge in [-0.2, -0.15) is 25.2 Å². The van der Waals surface area contributed by atoms with Crippen LogP contribution in [-0.2, 0) is 0 Å². The number of phenolic OH excluding ortho intramolecular Hbond substituents is 1. The SMILES string of the molecule is COc1cc(Nc2nc(C)nc(Nc3cc(OC)c(N=Nc4cc(C(=O)O)cc(C(=O)O)c4)cc3OC)n2)c(O)cc1N=Nc1cc(C(=O)O)cc(C(=O)O)c1. The number of phenols is 1. The molecular formula is C35H29N9O12. The van der Waals surface area contributed by atoms with Gasteiger partial charge in [0.05, 0.1) is 66.3 Å². The molecule has 56 heavy (non-hydrogen) atoms. The van der Waals surface area contributed by atoms with Gasteiger partial charge in [-0.15, -0.1) is 10.2 Å². The van der Waals surface area contributed by atoms with E-state index in [1.54, 1.807) is 6.92 Å². The van der Waals surface area contributed by atoms with Crippen LogP contribution >= 0.6 is 0 Å². The largest absolute Gasteiger partial charge is 0.506 e. The Hall–Kier alpha value is -8.23. The molecule has 0 unspecified atom stereocenters. The van der Waals surface area contributed by atoms with E-state index >= 15 is 0 Å². The van der Waals surface area contributed by atoms with Crippen LogP contribution in [-0.4, -0.2) is 85.7 Å². The minimum Gasteiger partial charge on any atom is -0.506 e. The summed E-state index contributed by atoms with van der Waals surface area (Å²) in [5.41, 5.74) is -0.759. The summed E-state index contributed by atoms with van der Waals surface area (Å²) in [4.78, 5) is 58.8. The maximum Gasteiger partial charge on any atom is 0.335 e. The minimum atomic E-state index is -1.36. The van der Waals surface area contributed by atoms with E-state index in [1.165, 1.54) is 45.6 Å². The zero-order chi connectivity index (χ0) is 40.7. The molecule has 286 valence electrons. The van der Waals surface area contributed by atoms with E-state index in [0.29, 0.717) is 5.69 Å². The van der Waals surface area contributed by atoms with E-state index < -0.39 is 23.9 Å². The summed E-state index contributed by atoms with van der Waals surface area (Å²) in [5, 5.41) is 70.2. The molecule has 0 atom stereocenters. The van der Waals surface area contributed by atoms with Crippen molar-refractivity contribution >= 4 is 69.9 Å². The number of azo groups is 2. The lowest BCUT2D eigenvalue weighted by molar-refractivity contribution is 0.0676. The molecule has 0 bridgehead atoms. The zero-order valence-electron chi connectivity index (χ0n) is 29.5. The summed E-state index contributed by atoms with van der Waals surface area (Å²) >= 11 is 0. The van der Waals surface area contributed by atoms with Crippen LogP contribution in [0.25, 0.3) is 0 Å². The fourth-order valence-electron chi connectivity index (χ4n) is 4.85. The molecular weight excluding hydrogens is 738 g/mol. The monoisotopic (exact) mass is 767 g/mol. The Morgan fingerprint density at radius 3 is 1.32 bits per heavy atom. The highest BCUT2D eigenvalue weighted by Gasteiger charge is 2.18. The molecule has 0 radical (unpaired) electrons. The van der Waals surface area contributed by atoms with Gasteiger partial charge in [0.1, 0.15) is 40.2 Å². The number of carboxylic acids is 4. The van der Waals surface area contributed by atoms with Gasteiger partial charge in [-0.1, -0.05) is 0 Å². The average Bonchev–Trinajstić information content (AvgIpc) is 3.16. The van der Waals surface area contributed by atoms with Crippen molar-refractivity contribution in [1.82, 2.24) is 15.0 Å². The molecule has 21 nitrogen and oxygen atoms in total. The predicted molar refractivity (Wildman–Crippen MR) is 194 cm³/mol. The quantitative estimate of drug-likeness (QED) is 0.0415. The van der Waals surface area contributed by atoms with Crippen LogP contribution in [0.2, 0.25) is 0 Å². The minimum absolute atomic E-state index is 0.0147. The van der Waals surface area contributed by atoms with Crippen molar-refractivity contribution in [2.45, 2.75) is 6.92 Å². The van der Waals surface area contributed by atoms with Crippen LogP contribution in [0.15, 0.2) is 81.1 Å². The number of methoxy groups -OCH3 is 3. The summed E-state index contributed by atoms with van der Waals surface area (Å²) in [7, 11) is 4.08. The van der Waals surface area contributed by atoms with Gasteiger partial charge in [-0.25, -0.2) is 19.2 Å². The van der Waals surface area contributed by atoms with E-state index in [9.17, 15) is 44.7 Å². The molecule has 5 rings (SSSR count). The van der Waals surface area contributed by atoms with Gasteiger partial charge in [-0.05, 0) is 43.3 Å². The number of carbonyl (C=O) groups is 4. The second-order valence-electron chi connectivity index (χ2n) is 11.2. The molecule has 0 aliphatic rings. The number of hydrogen-bond acceptors (Lipinski definition) is 17. The van der Waals surface area contributed by atoms with Crippen molar-refractivity contribution < 1.29 is 58.9 Å². The third-order valence-corrected chi connectivity index (χ3v) is 7.41. The molecule has 1 heterocycles. The molecule has 1 aromatic heterocycles. The highest BCUT2D eigenvalue weighted by molar-refractivity contribution is 5.96. The molecule has 5 aromatic rings. The highest BCUT2D eigenvalue weighted by Crippen LogP contribution is 2.41. The number of ether oxygens (including phenoxy) is 3. The van der Waals surface area contributed by atoms with Crippen LogP contribution in [0, 0.1) is 6.92 Å². The number of anilines is 4. The predicted octanol–water partition coefficient (Wildman–Crippen LogP) is 7.02. The Balaban J connectivity index is 1.40. The highest BCUT2D eigenvalue weighted by atomic mass is 16.5. The van der Waals surface area contributed by atoms with Crippen molar-refractivity contribution in [2.75, 3.05) is 32.0 Å². The molecule has 4 aromatic carbocycles. The fourth-order valence-corrected chi connectivity index (χ4v) is 4.85. The number of carboxylic acid groups (broad SMARTS) is 4. The Morgan fingerprint density at radius 1 is 0.518 bits per heavy atom. The van der Waals surface area contributed by atoms with Gasteiger partial charge >= 0.3 is 23.9 Å². The third kappa shape index (κ3) is 9.22. The molecule has 0 aliphatic heterocycles. The lowest BCUT2D eigenvalue weighted by Gasteiger charge is -2.15. The summed E-state index contributed by atoms with van der Waals surface area (Å²) in [6.07, 6.45) is 0. The maximum absolute atomic E-state index is 11.5. The van der Waals surface area contributed by atoms with Crippen molar-refractivity contribution in [1.29, 1.82) is 0 Å². The van der Waals surface area contributed by atoms with Crippen LogP contribution in [0.1, 0.15) is 47.3 Å². The van der Waals surface area contributed by atoms with Crippen molar-refractivity contribution in [3.8, 4) is 23.0 Å². The number of benzene rings is 4. The van der Waals surface area contributed by atoms with E-state index in [0.717, 1.165) is 36.4 Å². The van der Waals surface area contributed by atoms with Crippen molar-refractivity contribution in [2.24, 2.45) is 20.5 Å². The Kier molecular flexibility index (Phi) is 11.6. The summed E-state index contributed by atoms with van der Waals surface area (Å²) in [6.45, 7) is 1.59. The lowest BCUT2D eigenvalue weighted by Crippen LogP contribution is -2.06. The second kappa shape index (κ2) is 16.6. The van der Waals surface area contributed by atoms with Gasteiger partial charge in [0.15, 0.2) is 0 Å². The Morgan fingerprint density at radius 2 is 0.911 bits per heavy atom. The van der Waals surface area contributed by atoms with E-state index in [4.69, 9.17) is 14.2 Å². The van der Waals surface area contributed by atoms with Gasteiger partial charge in [0.25, 0.3) is 0 Å². The van der Waals surface area contributed by atoms with Crippen LogP contribution in [0.4, 0.5) is 46.0 Å². The molecule has 0 aliphatic carbocycles. The molecule has 0 saturated carbocycles. The lowest BCUT2D eigenvalue weighted by atomic mass is 10.1. The Bertz CT molecular complexity index is 2390. The molecule has 0 amide bonds. The van der Waals surface area contributed by atoms with Crippen molar-refractivity contribution in [3.63, 3.8) is 0 Å².